The largest absolute Gasteiger partial charge is 0.493 e. The van der Waals surface area contributed by atoms with Crippen LogP contribution in [-0.4, -0.2) is 79.8 Å². The molecule has 0 saturated carbocycles. The predicted octanol–water partition coefficient (Wildman–Crippen LogP) is 1.67. The first-order valence-corrected chi connectivity index (χ1v) is 8.98. The molecule has 1 aliphatic rings. The molecular weight excluding hydrogens is 320 g/mol. The summed E-state index contributed by atoms with van der Waals surface area (Å²) >= 11 is 0. The molecule has 1 aliphatic heterocycles. The molecule has 1 aromatic rings. The molecule has 1 fully saturated rings. The molecule has 6 heteroatoms. The highest BCUT2D eigenvalue weighted by atomic mass is 16.5. The van der Waals surface area contributed by atoms with E-state index in [2.05, 4.69) is 16.7 Å². The van der Waals surface area contributed by atoms with Crippen LogP contribution in [0.1, 0.15) is 30.6 Å². The monoisotopic (exact) mass is 350 g/mol. The molecule has 140 valence electrons. The molecule has 1 saturated heterocycles. The summed E-state index contributed by atoms with van der Waals surface area (Å²) in [4.78, 5) is 16.2. The summed E-state index contributed by atoms with van der Waals surface area (Å²) in [5.41, 5.74) is 0.578. The van der Waals surface area contributed by atoms with Gasteiger partial charge in [0.15, 0.2) is 17.3 Å². The average molecular weight is 350 g/mol. The lowest BCUT2D eigenvalue weighted by atomic mass is 10.1. The van der Waals surface area contributed by atoms with Gasteiger partial charge in [-0.3, -0.25) is 9.69 Å². The number of hydrogen-bond donors (Lipinski definition) is 1. The minimum Gasteiger partial charge on any atom is -0.493 e. The normalized spacial score (nSPS) is 17.3. The van der Waals surface area contributed by atoms with Crippen LogP contribution in [0.4, 0.5) is 0 Å². The smallest absolute Gasteiger partial charge is 0.161 e. The molecule has 0 radical (unpaired) electrons. The van der Waals surface area contributed by atoms with E-state index in [9.17, 15) is 9.90 Å². The average Bonchev–Trinajstić information content (AvgIpc) is 2.61. The lowest BCUT2D eigenvalue weighted by Crippen LogP contribution is -2.49. The third-order valence-electron chi connectivity index (χ3n) is 4.48. The Bertz CT molecular complexity index is 556. The van der Waals surface area contributed by atoms with Crippen molar-refractivity contribution >= 4 is 5.78 Å². The lowest BCUT2D eigenvalue weighted by molar-refractivity contribution is 0.0455. The molecule has 6 nitrogen and oxygen atoms in total. The van der Waals surface area contributed by atoms with Gasteiger partial charge in [-0.05, 0) is 38.1 Å². The van der Waals surface area contributed by atoms with Crippen molar-refractivity contribution < 1.29 is 19.4 Å². The maximum absolute atomic E-state index is 11.4. The third-order valence-corrected chi connectivity index (χ3v) is 4.48. The summed E-state index contributed by atoms with van der Waals surface area (Å²) in [5, 5.41) is 10.3. The number of ketones is 1. The van der Waals surface area contributed by atoms with Crippen molar-refractivity contribution in [2.75, 3.05) is 53.0 Å². The van der Waals surface area contributed by atoms with Gasteiger partial charge in [-0.25, -0.2) is 0 Å². The first kappa shape index (κ1) is 19.7. The molecule has 2 rings (SSSR count). The van der Waals surface area contributed by atoms with Crippen LogP contribution in [0.5, 0.6) is 11.5 Å². The van der Waals surface area contributed by atoms with Gasteiger partial charge in [-0.1, -0.05) is 6.92 Å². The fraction of sp³-hybridized carbons (Fsp3) is 0.632. The highest BCUT2D eigenvalue weighted by Crippen LogP contribution is 2.28. The molecule has 0 aromatic heterocycles. The molecule has 0 bridgehead atoms. The number of aliphatic hydroxyl groups excluding tert-OH is 1. The van der Waals surface area contributed by atoms with Gasteiger partial charge < -0.3 is 19.5 Å². The van der Waals surface area contributed by atoms with Crippen LogP contribution < -0.4 is 9.47 Å². The molecule has 1 unspecified atom stereocenters. The number of nitrogens with zero attached hydrogens (tertiary/aromatic N) is 2. The maximum Gasteiger partial charge on any atom is 0.161 e. The van der Waals surface area contributed by atoms with Crippen molar-refractivity contribution in [1.82, 2.24) is 9.80 Å². The summed E-state index contributed by atoms with van der Waals surface area (Å²) in [6.07, 6.45) is 0.621. The Morgan fingerprint density at radius 2 is 1.88 bits per heavy atom. The molecule has 0 aliphatic carbocycles. The van der Waals surface area contributed by atoms with E-state index in [0.717, 1.165) is 32.7 Å². The fourth-order valence-corrected chi connectivity index (χ4v) is 3.05. The van der Waals surface area contributed by atoms with Crippen LogP contribution in [0.2, 0.25) is 0 Å². The van der Waals surface area contributed by atoms with E-state index in [1.807, 2.05) is 0 Å². The first-order valence-electron chi connectivity index (χ1n) is 8.98. The quantitative estimate of drug-likeness (QED) is 0.684. The van der Waals surface area contributed by atoms with Crippen LogP contribution in [0.15, 0.2) is 18.2 Å². The van der Waals surface area contributed by atoms with Crippen LogP contribution in [0.25, 0.3) is 0 Å². The number of β-amino-alcohol motifs (C(OH)–C–C–N with tert-alkyl or cyclic N) is 1. The molecular formula is C19H30N2O4. The Kier molecular flexibility index (Phi) is 7.68. The summed E-state index contributed by atoms with van der Waals surface area (Å²) in [6, 6.07) is 5.09. The van der Waals surface area contributed by atoms with Gasteiger partial charge in [0, 0.05) is 38.3 Å². The van der Waals surface area contributed by atoms with Crippen molar-refractivity contribution in [2.45, 2.75) is 26.4 Å². The maximum atomic E-state index is 11.4. The van der Waals surface area contributed by atoms with Crippen molar-refractivity contribution in [3.8, 4) is 11.5 Å². The zero-order valence-electron chi connectivity index (χ0n) is 15.5. The minimum absolute atomic E-state index is 0.0212. The van der Waals surface area contributed by atoms with E-state index in [1.54, 1.807) is 25.3 Å². The summed E-state index contributed by atoms with van der Waals surface area (Å²) in [7, 11) is 1.54. The second kappa shape index (κ2) is 9.75. The zero-order chi connectivity index (χ0) is 18.2. The first-order chi connectivity index (χ1) is 12.0. The molecule has 25 heavy (non-hydrogen) atoms. The second-order valence-corrected chi connectivity index (χ2v) is 6.53. The number of rotatable bonds is 9. The highest BCUT2D eigenvalue weighted by Gasteiger charge is 2.19. The van der Waals surface area contributed by atoms with Gasteiger partial charge in [-0.15, -0.1) is 0 Å². The number of carbonyl (C=O) groups is 1. The zero-order valence-corrected chi connectivity index (χ0v) is 15.5. The van der Waals surface area contributed by atoms with Gasteiger partial charge in [-0.2, -0.15) is 0 Å². The number of ether oxygens (including phenoxy) is 2. The van der Waals surface area contributed by atoms with Gasteiger partial charge in [0.05, 0.1) is 7.11 Å². The van der Waals surface area contributed by atoms with Gasteiger partial charge >= 0.3 is 0 Å². The van der Waals surface area contributed by atoms with Crippen molar-refractivity contribution in [2.24, 2.45) is 0 Å². The van der Waals surface area contributed by atoms with E-state index < -0.39 is 6.10 Å². The van der Waals surface area contributed by atoms with Crippen LogP contribution >= 0.6 is 0 Å². The third kappa shape index (κ3) is 5.99. The summed E-state index contributed by atoms with van der Waals surface area (Å²) in [6.45, 7) is 9.74. The Labute approximate surface area is 150 Å². The van der Waals surface area contributed by atoms with E-state index in [-0.39, 0.29) is 12.4 Å². The highest BCUT2D eigenvalue weighted by molar-refractivity contribution is 5.94. The Morgan fingerprint density at radius 1 is 1.20 bits per heavy atom. The van der Waals surface area contributed by atoms with Gasteiger partial charge in [0.2, 0.25) is 0 Å². The summed E-state index contributed by atoms with van der Waals surface area (Å²) in [5.74, 6) is 1.03. The lowest BCUT2D eigenvalue weighted by Gasteiger charge is -2.35. The number of methoxy groups -OCH3 is 1. The number of hydrogen-bond acceptors (Lipinski definition) is 6. The van der Waals surface area contributed by atoms with Crippen LogP contribution in [0.3, 0.4) is 0 Å². The second-order valence-electron chi connectivity index (χ2n) is 6.53. The minimum atomic E-state index is -0.560. The number of benzene rings is 1. The predicted molar refractivity (Wildman–Crippen MR) is 97.7 cm³/mol. The van der Waals surface area contributed by atoms with Gasteiger partial charge in [0.1, 0.15) is 12.7 Å². The number of piperazine rings is 1. The van der Waals surface area contributed by atoms with Crippen molar-refractivity contribution in [3.63, 3.8) is 0 Å². The topological polar surface area (TPSA) is 62.2 Å². The fourth-order valence-electron chi connectivity index (χ4n) is 3.05. The molecule has 1 N–H and O–H groups in total. The molecule has 0 spiro atoms. The molecule has 1 heterocycles. The van der Waals surface area contributed by atoms with Crippen LogP contribution in [-0.2, 0) is 0 Å². The molecule has 1 aromatic carbocycles. The Morgan fingerprint density at radius 3 is 2.48 bits per heavy atom. The van der Waals surface area contributed by atoms with E-state index in [1.165, 1.54) is 13.3 Å². The standard InChI is InChI=1S/C19H30N2O4/c1-4-7-20-8-10-21(11-9-20)13-17(23)14-25-18-6-5-16(15(2)22)12-19(18)24-3/h5-6,12,17,23H,4,7-11,13-14H2,1-3H3. The molecule has 1 atom stereocenters. The number of Topliss-reactive ketones (excluding diaryl/α,β-unsaturated/α-hetero) is 1. The Hall–Kier alpha value is -1.63. The molecule has 0 amide bonds. The van der Waals surface area contributed by atoms with Crippen molar-refractivity contribution in [1.29, 1.82) is 0 Å². The number of carbonyl (C=O) groups excluding carboxylic acids is 1. The van der Waals surface area contributed by atoms with Crippen molar-refractivity contribution in [3.05, 3.63) is 23.8 Å². The van der Waals surface area contributed by atoms with Crippen LogP contribution in [0, 0.1) is 0 Å². The van der Waals surface area contributed by atoms with Gasteiger partial charge in [0.25, 0.3) is 0 Å². The van der Waals surface area contributed by atoms with E-state index in [0.29, 0.717) is 23.6 Å². The van der Waals surface area contributed by atoms with E-state index >= 15 is 0 Å². The Balaban J connectivity index is 1.80. The summed E-state index contributed by atoms with van der Waals surface area (Å²) < 4.78 is 11.0. The SMILES string of the molecule is CCCN1CCN(CC(O)COc2ccc(C(C)=O)cc2OC)CC1. The van der Waals surface area contributed by atoms with E-state index in [4.69, 9.17) is 9.47 Å². The number of aliphatic hydroxyl groups is 1.